The first-order valence-electron chi connectivity index (χ1n) is 14.0. The molecule has 0 radical (unpaired) electrons. The van der Waals surface area contributed by atoms with Gasteiger partial charge in [-0.25, -0.2) is 13.2 Å². The number of methoxy groups -OCH3 is 4. The van der Waals surface area contributed by atoms with Gasteiger partial charge in [0.15, 0.2) is 23.0 Å². The number of allylic oxidation sites excluding steroid dienone is 1. The van der Waals surface area contributed by atoms with Gasteiger partial charge in [0.1, 0.15) is 15.4 Å². The van der Waals surface area contributed by atoms with Gasteiger partial charge in [0.25, 0.3) is 5.56 Å². The first-order chi connectivity index (χ1) is 22.1. The smallest absolute Gasteiger partial charge is 0.338 e. The average molecular weight is 665 g/mol. The van der Waals surface area contributed by atoms with Crippen molar-refractivity contribution >= 4 is 44.6 Å². The lowest BCUT2D eigenvalue weighted by atomic mass is 9.89. The number of aromatic nitrogens is 1. The zero-order valence-corrected chi connectivity index (χ0v) is 27.4. The molecule has 1 aromatic heterocycles. The number of thiazole rings is 1. The number of carbonyl (C=O) groups excluding carboxylic acids is 1. The number of benzene rings is 3. The quantitative estimate of drug-likeness (QED) is 0.251. The highest BCUT2D eigenvalue weighted by Gasteiger charge is 2.42. The molecule has 0 fully saturated rings. The molecule has 0 spiro atoms. The Hall–Kier alpha value is -5.01. The van der Waals surface area contributed by atoms with Crippen molar-refractivity contribution in [2.24, 2.45) is 5.73 Å². The van der Waals surface area contributed by atoms with Crippen molar-refractivity contribution in [3.63, 3.8) is 0 Å². The van der Waals surface area contributed by atoms with E-state index in [1.807, 2.05) is 0 Å². The van der Waals surface area contributed by atoms with E-state index in [-0.39, 0.29) is 37.0 Å². The number of ether oxygens (including phenoxy) is 5. The Bertz CT molecular complexity index is 2130. The van der Waals surface area contributed by atoms with Crippen molar-refractivity contribution in [1.29, 1.82) is 0 Å². The topological polar surface area (TPSA) is 145 Å². The Morgan fingerprint density at radius 1 is 0.891 bits per heavy atom. The van der Waals surface area contributed by atoms with Crippen molar-refractivity contribution in [2.45, 2.75) is 17.7 Å². The number of nitrogens with zero attached hydrogens (tertiary/aromatic N) is 1. The van der Waals surface area contributed by atoms with Gasteiger partial charge in [0.05, 0.1) is 56.0 Å². The van der Waals surface area contributed by atoms with Crippen LogP contribution in [0.15, 0.2) is 81.3 Å². The van der Waals surface area contributed by atoms with Gasteiger partial charge >= 0.3 is 5.97 Å². The van der Waals surface area contributed by atoms with E-state index in [2.05, 4.69) is 0 Å². The van der Waals surface area contributed by atoms with Crippen LogP contribution >= 0.6 is 11.3 Å². The average Bonchev–Trinajstić information content (AvgIpc) is 3.39. The summed E-state index contributed by atoms with van der Waals surface area (Å²) in [5.41, 5.74) is 6.98. The number of rotatable bonds is 10. The van der Waals surface area contributed by atoms with Gasteiger partial charge in [-0.2, -0.15) is 0 Å². The summed E-state index contributed by atoms with van der Waals surface area (Å²) in [7, 11) is 1.53. The fourth-order valence-corrected chi connectivity index (χ4v) is 8.14. The molecule has 0 saturated heterocycles. The molecule has 4 aromatic rings. The van der Waals surface area contributed by atoms with E-state index in [1.165, 1.54) is 40.6 Å². The lowest BCUT2D eigenvalue weighted by Gasteiger charge is -2.28. The minimum Gasteiger partial charge on any atom is -0.493 e. The van der Waals surface area contributed by atoms with Crippen LogP contribution in [0.3, 0.4) is 0 Å². The van der Waals surface area contributed by atoms with Gasteiger partial charge in [-0.15, -0.1) is 11.3 Å². The molecule has 0 saturated carbocycles. The SMILES string of the molecule is CCOC(=O)C1=c2s/c(=C/c3ccc(OC)c(OC)c3)c(=O)n2C(N)=C(S(=O)(=O)c2ccccc2)C1c1ccc(OC)c(OC)c1. The first kappa shape index (κ1) is 32.4. The summed E-state index contributed by atoms with van der Waals surface area (Å²) in [6, 6.07) is 17.6. The van der Waals surface area contributed by atoms with E-state index >= 15 is 0 Å². The van der Waals surface area contributed by atoms with Crippen LogP contribution in [-0.2, 0) is 19.4 Å². The van der Waals surface area contributed by atoms with Gasteiger partial charge in [0.2, 0.25) is 9.84 Å². The second kappa shape index (κ2) is 13.2. The Balaban J connectivity index is 1.91. The maximum atomic E-state index is 14.4. The van der Waals surface area contributed by atoms with E-state index in [9.17, 15) is 18.0 Å². The van der Waals surface area contributed by atoms with Crippen LogP contribution in [0.2, 0.25) is 0 Å². The molecule has 13 heteroatoms. The molecule has 1 aliphatic rings. The predicted octanol–water partition coefficient (Wildman–Crippen LogP) is 2.84. The summed E-state index contributed by atoms with van der Waals surface area (Å²) in [4.78, 5) is 27.5. The fourth-order valence-electron chi connectivity index (χ4n) is 5.27. The maximum Gasteiger partial charge on any atom is 0.338 e. The summed E-state index contributed by atoms with van der Waals surface area (Å²) in [5, 5.41) is 0. The Labute approximate surface area is 269 Å². The lowest BCUT2D eigenvalue weighted by molar-refractivity contribution is -0.136. The van der Waals surface area contributed by atoms with Crippen molar-refractivity contribution in [3.05, 3.63) is 102 Å². The van der Waals surface area contributed by atoms with E-state index < -0.39 is 27.3 Å². The highest BCUT2D eigenvalue weighted by atomic mass is 32.2. The van der Waals surface area contributed by atoms with Gasteiger partial charge in [-0.3, -0.25) is 9.36 Å². The number of carbonyl (C=O) groups is 1. The second-order valence-corrected chi connectivity index (χ2v) is 12.9. The Kier molecular flexibility index (Phi) is 9.26. The normalized spacial score (nSPS) is 14.9. The highest BCUT2D eigenvalue weighted by Crippen LogP contribution is 2.44. The molecule has 240 valence electrons. The predicted molar refractivity (Wildman–Crippen MR) is 174 cm³/mol. The molecular weight excluding hydrogens is 633 g/mol. The summed E-state index contributed by atoms with van der Waals surface area (Å²) < 4.78 is 57.4. The van der Waals surface area contributed by atoms with Crippen LogP contribution in [-0.4, -0.2) is 54.0 Å². The summed E-state index contributed by atoms with van der Waals surface area (Å²) in [6.07, 6.45) is 1.60. The molecule has 46 heavy (non-hydrogen) atoms. The highest BCUT2D eigenvalue weighted by molar-refractivity contribution is 7.95. The standard InChI is InChI=1S/C33H32N2O9S2/c1-6-44-33(37)28-27(20-13-15-23(41-3)25(18-20)43-5)29(46(38,39)21-10-8-7-9-11-21)30(34)35-31(36)26(45-32(28)35)17-19-12-14-22(40-2)24(16-19)42-4/h7-18,27H,6,34H2,1-5H3/b26-17+. The van der Waals surface area contributed by atoms with Crippen molar-refractivity contribution in [1.82, 2.24) is 4.57 Å². The van der Waals surface area contributed by atoms with Crippen molar-refractivity contribution in [2.75, 3.05) is 35.0 Å². The molecule has 3 aromatic carbocycles. The van der Waals surface area contributed by atoms with E-state index in [0.29, 0.717) is 34.1 Å². The number of nitrogens with two attached hydrogens (primary N) is 1. The largest absolute Gasteiger partial charge is 0.493 e. The number of fused-ring (bicyclic) bond motifs is 1. The Morgan fingerprint density at radius 2 is 1.50 bits per heavy atom. The number of sulfone groups is 1. The first-order valence-corrected chi connectivity index (χ1v) is 16.3. The molecule has 2 N–H and O–H groups in total. The van der Waals surface area contributed by atoms with Gasteiger partial charge in [0, 0.05) is 0 Å². The molecule has 5 rings (SSSR count). The minimum atomic E-state index is -4.39. The van der Waals surface area contributed by atoms with Crippen LogP contribution in [0.1, 0.15) is 24.0 Å². The zero-order chi connectivity index (χ0) is 33.2. The third-order valence-corrected chi connectivity index (χ3v) is 10.4. The molecule has 1 atom stereocenters. The number of hydrogen-bond acceptors (Lipinski definition) is 11. The zero-order valence-electron chi connectivity index (χ0n) is 25.7. The molecule has 11 nitrogen and oxygen atoms in total. The molecule has 0 amide bonds. The minimum absolute atomic E-state index is 0.00118. The van der Waals surface area contributed by atoms with Gasteiger partial charge in [-0.1, -0.05) is 30.3 Å². The van der Waals surface area contributed by atoms with Crippen LogP contribution in [0.25, 0.3) is 17.5 Å². The molecule has 1 unspecified atom stereocenters. The van der Waals surface area contributed by atoms with E-state index in [1.54, 1.807) is 67.6 Å². The van der Waals surface area contributed by atoms with E-state index in [0.717, 1.165) is 15.9 Å². The van der Waals surface area contributed by atoms with Crippen LogP contribution < -0.4 is 39.4 Å². The van der Waals surface area contributed by atoms with Gasteiger partial charge in [-0.05, 0) is 60.5 Å². The fraction of sp³-hybridized carbons (Fsp3) is 0.212. The third-order valence-electron chi connectivity index (χ3n) is 7.38. The van der Waals surface area contributed by atoms with Crippen LogP contribution in [0.4, 0.5) is 0 Å². The molecular formula is C33H32N2O9S2. The molecule has 0 aliphatic carbocycles. The van der Waals surface area contributed by atoms with Crippen molar-refractivity contribution in [3.8, 4) is 23.0 Å². The summed E-state index contributed by atoms with van der Waals surface area (Å²) in [5.74, 6) is -0.765. The Morgan fingerprint density at radius 3 is 2.11 bits per heavy atom. The van der Waals surface area contributed by atoms with Crippen LogP contribution in [0.5, 0.6) is 23.0 Å². The van der Waals surface area contributed by atoms with Crippen molar-refractivity contribution < 1.29 is 36.9 Å². The lowest BCUT2D eigenvalue weighted by Crippen LogP contribution is -2.41. The molecule has 2 heterocycles. The van der Waals surface area contributed by atoms with Crippen LogP contribution in [0, 0.1) is 0 Å². The second-order valence-electron chi connectivity index (χ2n) is 9.92. The summed E-state index contributed by atoms with van der Waals surface area (Å²) >= 11 is 0.991. The third kappa shape index (κ3) is 5.63. The summed E-state index contributed by atoms with van der Waals surface area (Å²) in [6.45, 7) is 1.64. The molecule has 1 aliphatic heterocycles. The maximum absolute atomic E-state index is 14.4. The number of hydrogen-bond donors (Lipinski definition) is 1. The van der Waals surface area contributed by atoms with Gasteiger partial charge < -0.3 is 29.4 Å². The monoisotopic (exact) mass is 664 g/mol. The van der Waals surface area contributed by atoms with E-state index in [4.69, 9.17) is 29.4 Å². The number of esters is 1. The molecule has 0 bridgehead atoms.